The van der Waals surface area contributed by atoms with Crippen LogP contribution in [0.25, 0.3) is 0 Å². The number of benzene rings is 1. The van der Waals surface area contributed by atoms with E-state index >= 15 is 0 Å². The van der Waals surface area contributed by atoms with Crippen molar-refractivity contribution in [3.8, 4) is 0 Å². The highest BCUT2D eigenvalue weighted by Crippen LogP contribution is 2.24. The highest BCUT2D eigenvalue weighted by molar-refractivity contribution is 7.89. The van der Waals surface area contributed by atoms with E-state index in [1.807, 2.05) is 0 Å². The molecule has 1 N–H and O–H groups in total. The van der Waals surface area contributed by atoms with E-state index in [9.17, 15) is 18.0 Å². The van der Waals surface area contributed by atoms with E-state index in [0.717, 1.165) is 16.4 Å². The second kappa shape index (κ2) is 7.76. The van der Waals surface area contributed by atoms with Crippen LogP contribution in [0.5, 0.6) is 0 Å². The van der Waals surface area contributed by atoms with Gasteiger partial charge in [-0.25, -0.2) is 13.2 Å². The first-order valence-corrected chi connectivity index (χ1v) is 8.62. The van der Waals surface area contributed by atoms with Crippen molar-refractivity contribution in [2.45, 2.75) is 31.7 Å². The summed E-state index contributed by atoms with van der Waals surface area (Å²) in [5.74, 6) is -1.99. The normalized spacial score (nSPS) is 11.7. The number of nitrogens with zero attached hydrogens (tertiary/aromatic N) is 1. The number of carboxylic acids is 1. The van der Waals surface area contributed by atoms with E-state index in [1.54, 1.807) is 20.8 Å². The molecule has 1 aromatic carbocycles. The first-order chi connectivity index (χ1) is 10.6. The average molecular weight is 364 g/mol. The van der Waals surface area contributed by atoms with E-state index < -0.39 is 34.5 Å². The van der Waals surface area contributed by atoms with E-state index in [2.05, 4.69) is 0 Å². The Hall–Kier alpha value is -1.64. The molecule has 0 radical (unpaired) electrons. The quantitative estimate of drug-likeness (QED) is 0.743. The maximum Gasteiger partial charge on any atom is 0.338 e. The molecule has 23 heavy (non-hydrogen) atoms. The molecule has 0 heterocycles. The van der Waals surface area contributed by atoms with Crippen molar-refractivity contribution in [2.24, 2.45) is 0 Å². The molecule has 0 saturated heterocycles. The minimum absolute atomic E-state index is 0.0167. The Balaban J connectivity index is 3.36. The van der Waals surface area contributed by atoms with Crippen molar-refractivity contribution in [3.05, 3.63) is 28.8 Å². The van der Waals surface area contributed by atoms with E-state index in [0.29, 0.717) is 0 Å². The first-order valence-electron chi connectivity index (χ1n) is 6.81. The molecule has 0 amide bonds. The minimum atomic E-state index is -4.13. The molecule has 7 nitrogen and oxygen atoms in total. The van der Waals surface area contributed by atoms with Crippen molar-refractivity contribution >= 4 is 33.6 Å². The Morgan fingerprint density at radius 1 is 1.30 bits per heavy atom. The van der Waals surface area contributed by atoms with E-state index in [1.165, 1.54) is 6.07 Å². The van der Waals surface area contributed by atoms with Crippen LogP contribution in [0, 0.1) is 0 Å². The van der Waals surface area contributed by atoms with Gasteiger partial charge in [-0.1, -0.05) is 11.6 Å². The van der Waals surface area contributed by atoms with E-state index in [4.69, 9.17) is 21.4 Å². The molecule has 0 aliphatic carbocycles. The average Bonchev–Trinajstić information content (AvgIpc) is 2.43. The highest BCUT2D eigenvalue weighted by Gasteiger charge is 2.30. The first kappa shape index (κ1) is 19.4. The van der Waals surface area contributed by atoms with Gasteiger partial charge in [0.25, 0.3) is 0 Å². The molecule has 0 fully saturated rings. The number of hydrogen-bond acceptors (Lipinski definition) is 5. The molecule has 0 aromatic heterocycles. The second-order valence-corrected chi connectivity index (χ2v) is 7.26. The van der Waals surface area contributed by atoms with Gasteiger partial charge in [-0.15, -0.1) is 0 Å². The molecule has 0 unspecified atom stereocenters. The third-order valence-corrected chi connectivity index (χ3v) is 5.07. The molecule has 0 saturated carbocycles. The van der Waals surface area contributed by atoms with Crippen LogP contribution in [0.1, 0.15) is 31.1 Å². The number of sulfonamides is 1. The summed E-state index contributed by atoms with van der Waals surface area (Å²) in [6.45, 7) is 4.16. The maximum absolute atomic E-state index is 12.6. The summed E-state index contributed by atoms with van der Waals surface area (Å²) in [6.07, 6.45) is 0. The molecule has 0 bridgehead atoms. The van der Waals surface area contributed by atoms with Crippen LogP contribution in [0.2, 0.25) is 5.02 Å². The molecule has 0 atom stereocenters. The Morgan fingerprint density at radius 2 is 1.91 bits per heavy atom. The number of carboxylic acid groups (broad SMARTS) is 1. The summed E-state index contributed by atoms with van der Waals surface area (Å²) < 4.78 is 30.9. The topological polar surface area (TPSA) is 101 Å². The van der Waals surface area contributed by atoms with Gasteiger partial charge in [0, 0.05) is 11.1 Å². The predicted octanol–water partition coefficient (Wildman–Crippen LogP) is 2.00. The summed E-state index contributed by atoms with van der Waals surface area (Å²) in [4.78, 5) is 22.4. The molecular formula is C14H18ClNO6S. The fourth-order valence-corrected chi connectivity index (χ4v) is 3.82. The molecule has 1 aromatic rings. The summed E-state index contributed by atoms with van der Waals surface area (Å²) in [5, 5.41) is 8.94. The number of carbonyl (C=O) groups excluding carboxylic acids is 1. The van der Waals surface area contributed by atoms with Gasteiger partial charge in [-0.2, -0.15) is 4.31 Å². The van der Waals surface area contributed by atoms with Crippen LogP contribution >= 0.6 is 11.6 Å². The fourth-order valence-electron chi connectivity index (χ4n) is 1.86. The van der Waals surface area contributed by atoms with Crippen LogP contribution in [0.3, 0.4) is 0 Å². The predicted molar refractivity (Wildman–Crippen MR) is 84.1 cm³/mol. The van der Waals surface area contributed by atoms with E-state index in [-0.39, 0.29) is 22.1 Å². The lowest BCUT2D eigenvalue weighted by Crippen LogP contribution is -2.40. The Bertz CT molecular complexity index is 701. The lowest BCUT2D eigenvalue weighted by atomic mass is 10.2. The number of hydrogen-bond donors (Lipinski definition) is 1. The molecule has 0 spiro atoms. The van der Waals surface area contributed by atoms with Crippen LogP contribution < -0.4 is 0 Å². The van der Waals surface area contributed by atoms with Gasteiger partial charge in [0.2, 0.25) is 10.0 Å². The molecule has 0 aliphatic rings. The number of esters is 1. The van der Waals surface area contributed by atoms with Crippen LogP contribution in [-0.4, -0.2) is 49.0 Å². The summed E-state index contributed by atoms with van der Waals surface area (Å²) in [7, 11) is -4.13. The lowest BCUT2D eigenvalue weighted by Gasteiger charge is -2.24. The van der Waals surface area contributed by atoms with Crippen LogP contribution in [0.15, 0.2) is 23.1 Å². The highest BCUT2D eigenvalue weighted by atomic mass is 35.5. The Morgan fingerprint density at radius 3 is 2.39 bits per heavy atom. The van der Waals surface area contributed by atoms with Gasteiger partial charge in [-0.05, 0) is 39.0 Å². The number of halogens is 1. The zero-order valence-electron chi connectivity index (χ0n) is 12.9. The maximum atomic E-state index is 12.6. The van der Waals surface area contributed by atoms with Crippen molar-refractivity contribution in [2.75, 3.05) is 13.2 Å². The fraction of sp³-hybridized carbons (Fsp3) is 0.429. The lowest BCUT2D eigenvalue weighted by molar-refractivity contribution is -0.137. The third kappa shape index (κ3) is 4.92. The summed E-state index contributed by atoms with van der Waals surface area (Å²) in [5.41, 5.74) is -0.0167. The summed E-state index contributed by atoms with van der Waals surface area (Å²) >= 11 is 5.88. The molecule has 128 valence electrons. The number of rotatable bonds is 7. The standard InChI is InChI=1S/C14H18ClNO6S/c1-4-22-14(19)10-5-11(15)7-12(6-10)23(20,21)16(9(2)3)8-13(17)18/h5-7,9H,4,8H2,1-3H3,(H,17,18). The molecule has 9 heteroatoms. The van der Waals surface area contributed by atoms with Crippen LogP contribution in [-0.2, 0) is 19.6 Å². The SMILES string of the molecule is CCOC(=O)c1cc(Cl)cc(S(=O)(=O)N(CC(=O)O)C(C)C)c1. The Kier molecular flexibility index (Phi) is 6.55. The third-order valence-electron chi connectivity index (χ3n) is 2.86. The van der Waals surface area contributed by atoms with Gasteiger partial charge in [0.05, 0.1) is 17.1 Å². The van der Waals surface area contributed by atoms with Gasteiger partial charge >= 0.3 is 11.9 Å². The van der Waals surface area contributed by atoms with Crippen molar-refractivity contribution in [1.29, 1.82) is 0 Å². The van der Waals surface area contributed by atoms with Gasteiger partial charge in [-0.3, -0.25) is 4.79 Å². The monoisotopic (exact) mass is 363 g/mol. The largest absolute Gasteiger partial charge is 0.480 e. The van der Waals surface area contributed by atoms with Gasteiger partial charge in [0.15, 0.2) is 0 Å². The molecule has 0 aliphatic heterocycles. The smallest absolute Gasteiger partial charge is 0.338 e. The molecular weight excluding hydrogens is 346 g/mol. The Labute approximate surface area is 139 Å². The van der Waals surface area contributed by atoms with Gasteiger partial charge < -0.3 is 9.84 Å². The number of ether oxygens (including phenoxy) is 1. The zero-order valence-corrected chi connectivity index (χ0v) is 14.5. The van der Waals surface area contributed by atoms with Crippen molar-refractivity contribution in [3.63, 3.8) is 0 Å². The zero-order chi connectivity index (χ0) is 17.8. The molecule has 1 rings (SSSR count). The van der Waals surface area contributed by atoms with Crippen molar-refractivity contribution in [1.82, 2.24) is 4.31 Å². The van der Waals surface area contributed by atoms with Gasteiger partial charge in [0.1, 0.15) is 6.54 Å². The number of aliphatic carboxylic acids is 1. The van der Waals surface area contributed by atoms with Crippen LogP contribution in [0.4, 0.5) is 0 Å². The summed E-state index contributed by atoms with van der Waals surface area (Å²) in [6, 6.07) is 2.99. The van der Waals surface area contributed by atoms with Crippen molar-refractivity contribution < 1.29 is 27.9 Å². The minimum Gasteiger partial charge on any atom is -0.480 e. The second-order valence-electron chi connectivity index (χ2n) is 4.93. The number of carbonyl (C=O) groups is 2.